The second kappa shape index (κ2) is 8.52. The van der Waals surface area contributed by atoms with Crippen LogP contribution in [-0.4, -0.2) is 34.1 Å². The Bertz CT molecular complexity index is 644. The molecule has 0 amide bonds. The van der Waals surface area contributed by atoms with Crippen molar-refractivity contribution < 1.29 is 15.3 Å². The summed E-state index contributed by atoms with van der Waals surface area (Å²) in [6, 6.07) is 0. The molecule has 10 atom stereocenters. The lowest BCUT2D eigenvalue weighted by molar-refractivity contribution is -0.0971. The maximum atomic E-state index is 11.3. The van der Waals surface area contributed by atoms with Crippen LogP contribution in [0.1, 0.15) is 91.9 Å². The molecule has 0 heterocycles. The second-order valence-electron chi connectivity index (χ2n) is 12.2. The predicted octanol–water partition coefficient (Wildman–Crippen LogP) is 5.33. The summed E-state index contributed by atoms with van der Waals surface area (Å²) in [6.45, 7) is 10.0. The van der Waals surface area contributed by atoms with E-state index in [1.54, 1.807) is 0 Å². The van der Waals surface area contributed by atoms with Crippen LogP contribution in [0.25, 0.3) is 0 Å². The highest BCUT2D eigenvalue weighted by Gasteiger charge is 2.61. The molecule has 3 nitrogen and oxygen atoms in total. The first-order chi connectivity index (χ1) is 14.2. The molecule has 3 saturated carbocycles. The first kappa shape index (κ1) is 22.8. The van der Waals surface area contributed by atoms with E-state index in [4.69, 9.17) is 0 Å². The van der Waals surface area contributed by atoms with Crippen LogP contribution in [0, 0.1) is 46.3 Å². The van der Waals surface area contributed by atoms with Crippen LogP contribution in [0.5, 0.6) is 0 Å². The molecule has 3 N–H and O–H groups in total. The molecule has 30 heavy (non-hydrogen) atoms. The third kappa shape index (κ3) is 3.71. The molecule has 1 unspecified atom stereocenters. The van der Waals surface area contributed by atoms with Crippen molar-refractivity contribution >= 4 is 0 Å². The Morgan fingerprint density at radius 2 is 1.73 bits per heavy atom. The SMILES string of the molecule is CC(CCO)CC[C@@H](C)[C@H]1CC[C@H]2[C@@H]3[C@H](O)C=C4C[C@@H](O)CC[C@]4(C)[C@H]3CC[C@]12C. The first-order valence-corrected chi connectivity index (χ1v) is 12.9. The molecule has 4 rings (SSSR count). The average molecular weight is 419 g/mol. The molecule has 0 bridgehead atoms. The summed E-state index contributed by atoms with van der Waals surface area (Å²) in [4.78, 5) is 0. The number of hydrogen-bond acceptors (Lipinski definition) is 3. The van der Waals surface area contributed by atoms with Gasteiger partial charge in [-0.05, 0) is 97.7 Å². The summed E-state index contributed by atoms with van der Waals surface area (Å²) in [6.07, 6.45) is 12.9. The van der Waals surface area contributed by atoms with Crippen molar-refractivity contribution in [3.8, 4) is 0 Å². The minimum atomic E-state index is -0.327. The normalized spacial score (nSPS) is 47.6. The first-order valence-electron chi connectivity index (χ1n) is 12.9. The molecule has 0 saturated heterocycles. The van der Waals surface area contributed by atoms with Gasteiger partial charge in [0.1, 0.15) is 0 Å². The topological polar surface area (TPSA) is 60.7 Å². The van der Waals surface area contributed by atoms with Crippen LogP contribution in [0.3, 0.4) is 0 Å². The van der Waals surface area contributed by atoms with Crippen molar-refractivity contribution in [1.82, 2.24) is 0 Å². The third-order valence-electron chi connectivity index (χ3n) is 10.6. The van der Waals surface area contributed by atoms with Crippen molar-refractivity contribution in [1.29, 1.82) is 0 Å². The van der Waals surface area contributed by atoms with Gasteiger partial charge in [-0.3, -0.25) is 0 Å². The zero-order valence-electron chi connectivity index (χ0n) is 19.8. The van der Waals surface area contributed by atoms with Crippen molar-refractivity contribution in [2.24, 2.45) is 46.3 Å². The third-order valence-corrected chi connectivity index (χ3v) is 10.6. The molecular formula is C27H46O3. The lowest BCUT2D eigenvalue weighted by Gasteiger charge is -2.59. The average Bonchev–Trinajstić information content (AvgIpc) is 3.05. The summed E-state index contributed by atoms with van der Waals surface area (Å²) in [5, 5.41) is 30.7. The maximum Gasteiger partial charge on any atom is 0.0757 e. The smallest absolute Gasteiger partial charge is 0.0757 e. The van der Waals surface area contributed by atoms with Crippen LogP contribution in [0.4, 0.5) is 0 Å². The Morgan fingerprint density at radius 1 is 0.967 bits per heavy atom. The van der Waals surface area contributed by atoms with Crippen molar-refractivity contribution in [2.45, 2.75) is 104 Å². The van der Waals surface area contributed by atoms with Crippen molar-refractivity contribution in [3.63, 3.8) is 0 Å². The van der Waals surface area contributed by atoms with Gasteiger partial charge in [0.25, 0.3) is 0 Å². The fourth-order valence-corrected chi connectivity index (χ4v) is 8.72. The zero-order valence-corrected chi connectivity index (χ0v) is 19.8. The summed E-state index contributed by atoms with van der Waals surface area (Å²) in [5.41, 5.74) is 1.89. The van der Waals surface area contributed by atoms with E-state index in [0.717, 1.165) is 37.5 Å². The number of hydrogen-bond donors (Lipinski definition) is 3. The van der Waals surface area contributed by atoms with Crippen molar-refractivity contribution in [3.05, 3.63) is 11.6 Å². The highest BCUT2D eigenvalue weighted by molar-refractivity contribution is 5.27. The van der Waals surface area contributed by atoms with E-state index in [-0.39, 0.29) is 17.6 Å². The number of rotatable bonds is 6. The second-order valence-corrected chi connectivity index (χ2v) is 12.2. The zero-order chi connectivity index (χ0) is 21.7. The van der Waals surface area contributed by atoms with Crippen LogP contribution in [0.2, 0.25) is 0 Å². The lowest BCUT2D eigenvalue weighted by atomic mass is 9.46. The summed E-state index contributed by atoms with van der Waals surface area (Å²) < 4.78 is 0. The Labute approximate surface area is 184 Å². The van der Waals surface area contributed by atoms with Crippen LogP contribution in [0.15, 0.2) is 11.6 Å². The Balaban J connectivity index is 1.52. The van der Waals surface area contributed by atoms with E-state index >= 15 is 0 Å². The molecule has 4 aliphatic rings. The fraction of sp³-hybridized carbons (Fsp3) is 0.926. The Morgan fingerprint density at radius 3 is 2.47 bits per heavy atom. The summed E-state index contributed by atoms with van der Waals surface area (Å²) in [5.74, 6) is 3.72. The van der Waals surface area contributed by atoms with Gasteiger partial charge in [-0.25, -0.2) is 0 Å². The van der Waals surface area contributed by atoms with Gasteiger partial charge in [-0.2, -0.15) is 0 Å². The van der Waals surface area contributed by atoms with Gasteiger partial charge in [0.05, 0.1) is 12.2 Å². The van der Waals surface area contributed by atoms with Gasteiger partial charge in [0.15, 0.2) is 0 Å². The van der Waals surface area contributed by atoms with E-state index in [1.165, 1.54) is 44.1 Å². The van der Waals surface area contributed by atoms with Gasteiger partial charge < -0.3 is 15.3 Å². The van der Waals surface area contributed by atoms with Crippen LogP contribution in [-0.2, 0) is 0 Å². The maximum absolute atomic E-state index is 11.3. The van der Waals surface area contributed by atoms with E-state index < -0.39 is 0 Å². The molecule has 3 heteroatoms. The van der Waals surface area contributed by atoms with E-state index in [9.17, 15) is 15.3 Å². The largest absolute Gasteiger partial charge is 0.396 e. The molecule has 0 spiro atoms. The Hall–Kier alpha value is -0.380. The minimum absolute atomic E-state index is 0.188. The summed E-state index contributed by atoms with van der Waals surface area (Å²) >= 11 is 0. The molecule has 0 radical (unpaired) electrons. The molecule has 4 aliphatic carbocycles. The van der Waals surface area contributed by atoms with Crippen molar-refractivity contribution in [2.75, 3.05) is 6.61 Å². The monoisotopic (exact) mass is 418 g/mol. The minimum Gasteiger partial charge on any atom is -0.396 e. The molecule has 0 aromatic rings. The molecule has 172 valence electrons. The van der Waals surface area contributed by atoms with Gasteiger partial charge in [-0.15, -0.1) is 0 Å². The number of aliphatic hydroxyl groups excluding tert-OH is 3. The lowest BCUT2D eigenvalue weighted by Crippen LogP contribution is -2.54. The van der Waals surface area contributed by atoms with Gasteiger partial charge in [0, 0.05) is 6.61 Å². The van der Waals surface area contributed by atoms with Crippen LogP contribution >= 0.6 is 0 Å². The Kier molecular flexibility index (Phi) is 6.48. The quantitative estimate of drug-likeness (QED) is 0.511. The van der Waals surface area contributed by atoms with Crippen LogP contribution < -0.4 is 0 Å². The van der Waals surface area contributed by atoms with E-state index in [1.807, 2.05) is 0 Å². The number of fused-ring (bicyclic) bond motifs is 5. The highest BCUT2D eigenvalue weighted by Crippen LogP contribution is 2.67. The predicted molar refractivity (Wildman–Crippen MR) is 122 cm³/mol. The van der Waals surface area contributed by atoms with E-state index in [0.29, 0.717) is 35.7 Å². The molecule has 3 fully saturated rings. The highest BCUT2D eigenvalue weighted by atomic mass is 16.3. The molecule has 0 aromatic carbocycles. The van der Waals surface area contributed by atoms with Gasteiger partial charge in [-0.1, -0.05) is 52.2 Å². The summed E-state index contributed by atoms with van der Waals surface area (Å²) in [7, 11) is 0. The van der Waals surface area contributed by atoms with E-state index in [2.05, 4.69) is 33.8 Å². The molecule has 0 aliphatic heterocycles. The molecular weight excluding hydrogens is 372 g/mol. The number of aliphatic hydroxyl groups is 3. The van der Waals surface area contributed by atoms with Gasteiger partial charge in [0.2, 0.25) is 0 Å². The fourth-order valence-electron chi connectivity index (χ4n) is 8.72. The molecule has 0 aromatic heterocycles. The standard InChI is InChI=1S/C27H46O3/c1-17(11-14-28)5-6-18(2)21-7-8-22-25-23(10-13-27(21,22)4)26(3)12-9-20(29)15-19(26)16-24(25)30/h16-18,20-25,28-30H,5-15H2,1-4H3/t17?,18-,20+,21-,22+,23+,24-,25+,26+,27-/m1/s1. The van der Waals surface area contributed by atoms with Gasteiger partial charge >= 0.3 is 0 Å².